The largest absolute Gasteiger partial charge is 0.362 e. The third-order valence-electron chi connectivity index (χ3n) is 4.74. The lowest BCUT2D eigenvalue weighted by Gasteiger charge is -2.28. The number of anilines is 2. The summed E-state index contributed by atoms with van der Waals surface area (Å²) in [5.74, 6) is -0.970. The lowest BCUT2D eigenvalue weighted by atomic mass is 10.0. The summed E-state index contributed by atoms with van der Waals surface area (Å²) < 4.78 is 14.2. The Balaban J connectivity index is 1.66. The van der Waals surface area contributed by atoms with Gasteiger partial charge in [-0.05, 0) is 37.1 Å². The number of benzene rings is 2. The van der Waals surface area contributed by atoms with Crippen molar-refractivity contribution in [2.75, 3.05) is 16.3 Å². The molecule has 0 spiro atoms. The van der Waals surface area contributed by atoms with E-state index in [-0.39, 0.29) is 23.7 Å². The Morgan fingerprint density at radius 1 is 0.960 bits per heavy atom. The fourth-order valence-electron chi connectivity index (χ4n) is 3.61. The molecule has 2 aliphatic rings. The maximum atomic E-state index is 14.2. The second-order valence-electron chi connectivity index (χ2n) is 6.22. The quantitative estimate of drug-likeness (QED) is 0.808. The van der Waals surface area contributed by atoms with E-state index in [0.717, 1.165) is 12.8 Å². The zero-order chi connectivity index (χ0) is 17.4. The molecule has 2 aliphatic heterocycles. The zero-order valence-electron chi connectivity index (χ0n) is 13.6. The van der Waals surface area contributed by atoms with Gasteiger partial charge in [-0.1, -0.05) is 30.3 Å². The van der Waals surface area contributed by atoms with Gasteiger partial charge in [0.2, 0.25) is 0 Å². The Hall–Kier alpha value is -2.95. The SMILES string of the molecule is O=C1C=C(C2CCCN2c2ccccc2F)C(=O)N1c1ccccc1. The van der Waals surface area contributed by atoms with Crippen molar-refractivity contribution in [2.24, 2.45) is 0 Å². The maximum absolute atomic E-state index is 14.2. The smallest absolute Gasteiger partial charge is 0.263 e. The number of nitrogens with zero attached hydrogens (tertiary/aromatic N) is 2. The summed E-state index contributed by atoms with van der Waals surface area (Å²) in [4.78, 5) is 28.4. The molecule has 1 unspecified atom stereocenters. The van der Waals surface area contributed by atoms with E-state index in [2.05, 4.69) is 0 Å². The predicted molar refractivity (Wildman–Crippen MR) is 93.8 cm³/mol. The van der Waals surface area contributed by atoms with E-state index in [0.29, 0.717) is 23.5 Å². The Morgan fingerprint density at radius 2 is 1.68 bits per heavy atom. The van der Waals surface area contributed by atoms with Gasteiger partial charge in [0.05, 0.1) is 17.4 Å². The first-order valence-electron chi connectivity index (χ1n) is 8.33. The highest BCUT2D eigenvalue weighted by molar-refractivity contribution is 6.31. The normalized spacial score (nSPS) is 20.4. The standard InChI is InChI=1S/C20H17FN2O2/c21-16-9-4-5-10-18(16)22-12-6-11-17(22)15-13-19(24)23(20(15)25)14-7-2-1-3-8-14/h1-5,7-10,13,17H,6,11-12H2. The average Bonchev–Trinajstić information content (AvgIpc) is 3.20. The molecule has 1 atom stereocenters. The van der Waals surface area contributed by atoms with Gasteiger partial charge >= 0.3 is 0 Å². The van der Waals surface area contributed by atoms with Gasteiger partial charge in [0.15, 0.2) is 0 Å². The molecule has 25 heavy (non-hydrogen) atoms. The number of hydrogen-bond donors (Lipinski definition) is 0. The van der Waals surface area contributed by atoms with Crippen molar-refractivity contribution in [1.82, 2.24) is 0 Å². The van der Waals surface area contributed by atoms with Crippen molar-refractivity contribution in [3.8, 4) is 0 Å². The van der Waals surface area contributed by atoms with Gasteiger partial charge in [-0.25, -0.2) is 9.29 Å². The van der Waals surface area contributed by atoms with Crippen LogP contribution >= 0.6 is 0 Å². The van der Waals surface area contributed by atoms with Gasteiger partial charge in [0.1, 0.15) is 5.82 Å². The molecule has 1 saturated heterocycles. The fraction of sp³-hybridized carbons (Fsp3) is 0.200. The van der Waals surface area contributed by atoms with Crippen LogP contribution in [0.4, 0.5) is 15.8 Å². The van der Waals surface area contributed by atoms with Crippen LogP contribution < -0.4 is 9.80 Å². The molecule has 2 amide bonds. The summed E-state index contributed by atoms with van der Waals surface area (Å²) in [5, 5.41) is 0. The van der Waals surface area contributed by atoms with Crippen molar-refractivity contribution >= 4 is 23.2 Å². The molecule has 4 rings (SSSR count). The third-order valence-corrected chi connectivity index (χ3v) is 4.74. The Kier molecular flexibility index (Phi) is 3.84. The van der Waals surface area contributed by atoms with Crippen LogP contribution in [0, 0.1) is 5.82 Å². The first-order chi connectivity index (χ1) is 12.2. The van der Waals surface area contributed by atoms with Crippen LogP contribution in [0.25, 0.3) is 0 Å². The first-order valence-corrected chi connectivity index (χ1v) is 8.33. The van der Waals surface area contributed by atoms with Crippen LogP contribution in [0.5, 0.6) is 0 Å². The van der Waals surface area contributed by atoms with Crippen LogP contribution in [0.1, 0.15) is 12.8 Å². The van der Waals surface area contributed by atoms with E-state index < -0.39 is 0 Å². The molecule has 0 aromatic heterocycles. The maximum Gasteiger partial charge on any atom is 0.263 e. The van der Waals surface area contributed by atoms with Crippen molar-refractivity contribution < 1.29 is 14.0 Å². The minimum atomic E-state index is -0.341. The molecule has 0 bridgehead atoms. The van der Waals surface area contributed by atoms with E-state index in [1.165, 1.54) is 17.0 Å². The molecular weight excluding hydrogens is 319 g/mol. The molecular formula is C20H17FN2O2. The molecule has 2 aromatic rings. The lowest BCUT2D eigenvalue weighted by Crippen LogP contribution is -2.37. The van der Waals surface area contributed by atoms with Gasteiger partial charge in [0, 0.05) is 18.2 Å². The van der Waals surface area contributed by atoms with Gasteiger partial charge in [-0.2, -0.15) is 0 Å². The molecule has 2 heterocycles. The van der Waals surface area contributed by atoms with Crippen molar-refractivity contribution in [3.63, 3.8) is 0 Å². The van der Waals surface area contributed by atoms with E-state index >= 15 is 0 Å². The highest BCUT2D eigenvalue weighted by atomic mass is 19.1. The van der Waals surface area contributed by atoms with Crippen LogP contribution in [0.3, 0.4) is 0 Å². The summed E-state index contributed by atoms with van der Waals surface area (Å²) in [6, 6.07) is 15.1. The Labute approximate surface area is 145 Å². The van der Waals surface area contributed by atoms with Crippen molar-refractivity contribution in [2.45, 2.75) is 18.9 Å². The molecule has 0 N–H and O–H groups in total. The zero-order valence-corrected chi connectivity index (χ0v) is 13.6. The number of halogens is 1. The van der Waals surface area contributed by atoms with Gasteiger partial charge in [-0.3, -0.25) is 9.59 Å². The topological polar surface area (TPSA) is 40.6 Å². The minimum Gasteiger partial charge on any atom is -0.362 e. The second kappa shape index (κ2) is 6.16. The fourth-order valence-corrected chi connectivity index (χ4v) is 3.61. The van der Waals surface area contributed by atoms with Crippen LogP contribution in [0.15, 0.2) is 66.2 Å². The van der Waals surface area contributed by atoms with Gasteiger partial charge < -0.3 is 4.90 Å². The van der Waals surface area contributed by atoms with Crippen molar-refractivity contribution in [1.29, 1.82) is 0 Å². The summed E-state index contributed by atoms with van der Waals surface area (Å²) >= 11 is 0. The van der Waals surface area contributed by atoms with Crippen LogP contribution in [-0.4, -0.2) is 24.4 Å². The second-order valence-corrected chi connectivity index (χ2v) is 6.22. The number of amides is 2. The monoisotopic (exact) mass is 336 g/mol. The molecule has 0 aliphatic carbocycles. The van der Waals surface area contributed by atoms with Crippen molar-refractivity contribution in [3.05, 3.63) is 72.1 Å². The Morgan fingerprint density at radius 3 is 2.44 bits per heavy atom. The molecule has 0 radical (unpaired) electrons. The van der Waals surface area contributed by atoms with Crippen LogP contribution in [-0.2, 0) is 9.59 Å². The Bertz CT molecular complexity index is 863. The number of carbonyl (C=O) groups excluding carboxylic acids is 2. The summed E-state index contributed by atoms with van der Waals surface area (Å²) in [7, 11) is 0. The number of rotatable bonds is 3. The van der Waals surface area contributed by atoms with E-state index in [9.17, 15) is 14.0 Å². The summed E-state index contributed by atoms with van der Waals surface area (Å²) in [5.41, 5.74) is 1.47. The number of carbonyl (C=O) groups is 2. The van der Waals surface area contributed by atoms with E-state index in [1.807, 2.05) is 11.0 Å². The molecule has 4 nitrogen and oxygen atoms in total. The summed E-state index contributed by atoms with van der Waals surface area (Å²) in [6.45, 7) is 0.662. The molecule has 2 aromatic carbocycles. The van der Waals surface area contributed by atoms with Gasteiger partial charge in [-0.15, -0.1) is 0 Å². The highest BCUT2D eigenvalue weighted by Crippen LogP contribution is 2.34. The van der Waals surface area contributed by atoms with Gasteiger partial charge in [0.25, 0.3) is 11.8 Å². The minimum absolute atomic E-state index is 0.276. The highest BCUT2D eigenvalue weighted by Gasteiger charge is 2.40. The predicted octanol–water partition coefficient (Wildman–Crippen LogP) is 3.29. The molecule has 1 fully saturated rings. The number of para-hydroxylation sites is 2. The molecule has 126 valence electrons. The van der Waals surface area contributed by atoms with E-state index in [4.69, 9.17) is 0 Å². The van der Waals surface area contributed by atoms with E-state index in [1.54, 1.807) is 42.5 Å². The van der Waals surface area contributed by atoms with Crippen LogP contribution in [0.2, 0.25) is 0 Å². The third kappa shape index (κ3) is 2.61. The number of imide groups is 1. The molecule has 5 heteroatoms. The lowest BCUT2D eigenvalue weighted by molar-refractivity contribution is -0.120. The first kappa shape index (κ1) is 15.6. The number of hydrogen-bond acceptors (Lipinski definition) is 3. The summed E-state index contributed by atoms with van der Waals surface area (Å²) in [6.07, 6.45) is 2.98. The molecule has 0 saturated carbocycles. The average molecular weight is 336 g/mol.